The van der Waals surface area contributed by atoms with Crippen molar-refractivity contribution >= 4 is 17.4 Å². The van der Waals surface area contributed by atoms with E-state index in [0.717, 1.165) is 0 Å². The first-order valence-corrected chi connectivity index (χ1v) is 9.99. The van der Waals surface area contributed by atoms with Crippen LogP contribution in [-0.4, -0.2) is 31.9 Å². The first-order valence-electron chi connectivity index (χ1n) is 9.99. The number of rotatable bonds is 4. The third kappa shape index (κ3) is 3.85. The van der Waals surface area contributed by atoms with Crippen LogP contribution in [0.25, 0.3) is 16.9 Å². The molecule has 10 heteroatoms. The smallest absolute Gasteiger partial charge is 0.395 e. The van der Waals surface area contributed by atoms with Gasteiger partial charge in [0, 0.05) is 23.3 Å². The van der Waals surface area contributed by atoms with Crippen molar-refractivity contribution in [3.05, 3.63) is 71.9 Å². The molecule has 2 N–H and O–H groups in total. The lowest BCUT2D eigenvalue weighted by Crippen LogP contribution is -2.26. The molecule has 0 unspecified atom stereocenters. The quantitative estimate of drug-likeness (QED) is 0.482. The summed E-state index contributed by atoms with van der Waals surface area (Å²) < 4.78 is 38.1. The van der Waals surface area contributed by atoms with Crippen LogP contribution in [0.15, 0.2) is 60.8 Å². The number of anilines is 1. The Hall–Kier alpha value is -4.05. The summed E-state index contributed by atoms with van der Waals surface area (Å²) in [6.07, 6.45) is -2.27. The second-order valence-electron chi connectivity index (χ2n) is 8.02. The maximum atomic E-state index is 13.7. The van der Waals surface area contributed by atoms with E-state index in [4.69, 9.17) is 4.74 Å². The van der Waals surface area contributed by atoms with Gasteiger partial charge < -0.3 is 19.9 Å². The number of halogens is 2. The van der Waals surface area contributed by atoms with Gasteiger partial charge in [0.25, 0.3) is 5.91 Å². The predicted molar refractivity (Wildman–Crippen MR) is 114 cm³/mol. The second-order valence-corrected chi connectivity index (χ2v) is 8.02. The van der Waals surface area contributed by atoms with Crippen LogP contribution in [0.3, 0.4) is 0 Å². The van der Waals surface area contributed by atoms with E-state index in [1.165, 1.54) is 22.8 Å². The van der Waals surface area contributed by atoms with Gasteiger partial charge in [-0.15, -0.1) is 8.78 Å². The summed E-state index contributed by atoms with van der Waals surface area (Å²) in [7, 11) is 0. The van der Waals surface area contributed by atoms with Crippen molar-refractivity contribution in [3.63, 3.8) is 0 Å². The van der Waals surface area contributed by atoms with E-state index in [1.54, 1.807) is 56.3 Å². The fraction of sp³-hybridized carbons (Fsp3) is 0.174. The van der Waals surface area contributed by atoms with Gasteiger partial charge in [-0.3, -0.25) is 4.79 Å². The van der Waals surface area contributed by atoms with E-state index in [-0.39, 0.29) is 17.3 Å². The summed E-state index contributed by atoms with van der Waals surface area (Å²) in [5.74, 6) is -0.473. The van der Waals surface area contributed by atoms with Gasteiger partial charge in [-0.1, -0.05) is 18.2 Å². The molecule has 0 aliphatic carbocycles. The molecule has 2 aromatic carbocycles. The number of aliphatic hydroxyl groups is 1. The average molecular weight is 452 g/mol. The monoisotopic (exact) mass is 452 g/mol. The van der Waals surface area contributed by atoms with E-state index in [9.17, 15) is 18.7 Å². The highest BCUT2D eigenvalue weighted by molar-refractivity contribution is 6.04. The van der Waals surface area contributed by atoms with Crippen LogP contribution in [0.5, 0.6) is 11.5 Å². The lowest BCUT2D eigenvalue weighted by Gasteiger charge is -2.17. The molecule has 0 atom stereocenters. The van der Waals surface area contributed by atoms with Crippen LogP contribution in [0.4, 0.5) is 14.6 Å². The number of para-hydroxylation sites is 1. The Kier molecular flexibility index (Phi) is 4.57. The number of alkyl halides is 2. The molecule has 3 heterocycles. The van der Waals surface area contributed by atoms with E-state index in [1.807, 2.05) is 0 Å². The zero-order valence-electron chi connectivity index (χ0n) is 17.5. The minimum atomic E-state index is -3.78. The molecule has 0 saturated carbocycles. The summed E-state index contributed by atoms with van der Waals surface area (Å²) in [4.78, 5) is 17.2. The van der Waals surface area contributed by atoms with Gasteiger partial charge in [0.2, 0.25) is 0 Å². The number of hydrogen-bond donors (Lipinski definition) is 2. The molecule has 168 valence electrons. The number of carbonyl (C=O) groups is 1. The molecule has 4 aromatic rings. The zero-order chi connectivity index (χ0) is 23.4. The van der Waals surface area contributed by atoms with E-state index < -0.39 is 17.8 Å². The first kappa shape index (κ1) is 20.8. The fourth-order valence-electron chi connectivity index (χ4n) is 3.56. The molecule has 2 aromatic heterocycles. The number of benzene rings is 2. The molecule has 1 amide bonds. The van der Waals surface area contributed by atoms with Crippen LogP contribution in [0.1, 0.15) is 29.8 Å². The van der Waals surface area contributed by atoms with Gasteiger partial charge in [0.15, 0.2) is 17.1 Å². The number of nitrogens with zero attached hydrogens (tertiary/aromatic N) is 3. The highest BCUT2D eigenvalue weighted by atomic mass is 19.3. The number of nitrogens with one attached hydrogen (secondary N) is 1. The van der Waals surface area contributed by atoms with Crippen molar-refractivity contribution in [2.45, 2.75) is 25.7 Å². The van der Waals surface area contributed by atoms with Gasteiger partial charge in [-0.05, 0) is 43.7 Å². The Morgan fingerprint density at radius 1 is 1.12 bits per heavy atom. The van der Waals surface area contributed by atoms with Crippen LogP contribution in [0.2, 0.25) is 0 Å². The summed E-state index contributed by atoms with van der Waals surface area (Å²) in [6.45, 7) is 3.30. The maximum absolute atomic E-state index is 13.7. The lowest BCUT2D eigenvalue weighted by molar-refractivity contribution is -0.286. The number of aromatic nitrogens is 3. The summed E-state index contributed by atoms with van der Waals surface area (Å²) in [5, 5.41) is 17.0. The Morgan fingerprint density at radius 3 is 2.61 bits per heavy atom. The van der Waals surface area contributed by atoms with Gasteiger partial charge >= 0.3 is 6.29 Å². The Balaban J connectivity index is 1.51. The molecule has 0 radical (unpaired) electrons. The highest BCUT2D eigenvalue weighted by Crippen LogP contribution is 2.47. The van der Waals surface area contributed by atoms with E-state index in [0.29, 0.717) is 28.0 Å². The zero-order valence-corrected chi connectivity index (χ0v) is 17.5. The molecule has 5 rings (SSSR count). The minimum Gasteiger partial charge on any atom is -0.395 e. The number of amides is 1. The molecular weight excluding hydrogens is 434 g/mol. The van der Waals surface area contributed by atoms with E-state index >= 15 is 0 Å². The largest absolute Gasteiger partial charge is 0.586 e. The van der Waals surface area contributed by atoms with E-state index in [2.05, 4.69) is 20.1 Å². The van der Waals surface area contributed by atoms with Gasteiger partial charge in [0.05, 0.1) is 17.5 Å². The minimum absolute atomic E-state index is 0.105. The molecule has 1 aliphatic rings. The number of ether oxygens (including phenoxy) is 2. The molecule has 0 saturated heterocycles. The van der Waals surface area contributed by atoms with Crippen molar-refractivity contribution in [3.8, 4) is 22.8 Å². The Morgan fingerprint density at radius 2 is 1.88 bits per heavy atom. The van der Waals surface area contributed by atoms with Crippen molar-refractivity contribution in [2.75, 3.05) is 5.32 Å². The van der Waals surface area contributed by atoms with Gasteiger partial charge in [0.1, 0.15) is 5.82 Å². The summed E-state index contributed by atoms with van der Waals surface area (Å²) >= 11 is 0. The van der Waals surface area contributed by atoms with Crippen LogP contribution >= 0.6 is 0 Å². The van der Waals surface area contributed by atoms with Crippen LogP contribution in [-0.2, 0) is 5.60 Å². The summed E-state index contributed by atoms with van der Waals surface area (Å²) in [6, 6.07) is 14.2. The van der Waals surface area contributed by atoms with Gasteiger partial charge in [-0.2, -0.15) is 5.10 Å². The fourth-order valence-corrected chi connectivity index (χ4v) is 3.56. The van der Waals surface area contributed by atoms with Crippen LogP contribution < -0.4 is 14.8 Å². The molecule has 33 heavy (non-hydrogen) atoms. The number of carbonyl (C=O) groups excluding carboxylic acids is 1. The molecule has 8 nitrogen and oxygen atoms in total. The van der Waals surface area contributed by atoms with Crippen molar-refractivity contribution in [1.29, 1.82) is 0 Å². The predicted octanol–water partition coefficient (Wildman–Crippen LogP) is 4.20. The molecule has 1 aliphatic heterocycles. The molecule has 0 spiro atoms. The van der Waals surface area contributed by atoms with Gasteiger partial charge in [-0.25, -0.2) is 9.50 Å². The summed E-state index contributed by atoms with van der Waals surface area (Å²) in [5.41, 5.74) is 1.05. The highest BCUT2D eigenvalue weighted by Gasteiger charge is 2.44. The lowest BCUT2D eigenvalue weighted by atomic mass is 9.97. The molecule has 0 bridgehead atoms. The normalized spacial score (nSPS) is 14.5. The average Bonchev–Trinajstić information content (AvgIpc) is 3.34. The molecule has 0 fully saturated rings. The first-order chi connectivity index (χ1) is 15.6. The standard InChI is InChI=1S/C23H18F2N4O4/c1-22(2,31)14-8-6-13(7-9-14)21(30)28-18-12-16(29-19(27-18)10-11-26-29)15-4-3-5-17-20(15)33-23(24,25)32-17/h3-12,31H,1-2H3,(H,27,28,30). The second kappa shape index (κ2) is 7.24. The van der Waals surface area contributed by atoms with Crippen molar-refractivity contribution < 1.29 is 28.2 Å². The van der Waals surface area contributed by atoms with Crippen LogP contribution in [0, 0.1) is 0 Å². The number of hydrogen-bond acceptors (Lipinski definition) is 6. The third-order valence-corrected chi connectivity index (χ3v) is 5.16. The third-order valence-electron chi connectivity index (χ3n) is 5.16. The number of fused-ring (bicyclic) bond motifs is 2. The molecular formula is C23H18F2N4O4. The van der Waals surface area contributed by atoms with Crippen molar-refractivity contribution in [1.82, 2.24) is 14.6 Å². The van der Waals surface area contributed by atoms with Crippen molar-refractivity contribution in [2.24, 2.45) is 0 Å². The Bertz CT molecular complexity index is 1380. The topological polar surface area (TPSA) is 98.0 Å². The maximum Gasteiger partial charge on any atom is 0.586 e. The Labute approximate surface area is 186 Å². The SMILES string of the molecule is CC(C)(O)c1ccc(C(=O)Nc2cc(-c3cccc4c3OC(F)(F)O4)n3nccc3n2)cc1.